The van der Waals surface area contributed by atoms with Crippen molar-refractivity contribution in [3.63, 3.8) is 0 Å². The number of nitrogens with one attached hydrogen (secondary N) is 1. The number of carbonyl (C=O) groups excluding carboxylic acids is 1. The Hall–Kier alpha value is -1.30. The van der Waals surface area contributed by atoms with E-state index in [2.05, 4.69) is 17.9 Å². The van der Waals surface area contributed by atoms with Crippen molar-refractivity contribution < 1.29 is 17.9 Å². The SMILES string of the molecule is C=C(C)CC1(S(=O)(=O)NC(=O)OC(=C)C)CC1. The third-order valence-corrected chi connectivity index (χ3v) is 4.61. The van der Waals surface area contributed by atoms with Gasteiger partial charge in [-0.2, -0.15) is 0 Å². The van der Waals surface area contributed by atoms with Crippen molar-refractivity contribution in [2.45, 2.75) is 37.9 Å². The van der Waals surface area contributed by atoms with Crippen molar-refractivity contribution in [3.05, 3.63) is 24.5 Å². The van der Waals surface area contributed by atoms with Gasteiger partial charge in [-0.15, -0.1) is 6.58 Å². The molecular formula is C11H17NO4S. The smallest absolute Gasteiger partial charge is 0.415 e. The van der Waals surface area contributed by atoms with Crippen LogP contribution in [0, 0.1) is 0 Å². The zero-order valence-electron chi connectivity index (χ0n) is 10.1. The van der Waals surface area contributed by atoms with Gasteiger partial charge in [0.2, 0.25) is 10.0 Å². The fourth-order valence-electron chi connectivity index (χ4n) is 1.63. The van der Waals surface area contributed by atoms with Gasteiger partial charge >= 0.3 is 6.09 Å². The van der Waals surface area contributed by atoms with E-state index in [0.29, 0.717) is 19.3 Å². The van der Waals surface area contributed by atoms with Crippen LogP contribution in [0.15, 0.2) is 24.5 Å². The number of hydrogen-bond donors (Lipinski definition) is 1. The van der Waals surface area contributed by atoms with Gasteiger partial charge in [-0.05, 0) is 33.1 Å². The quantitative estimate of drug-likeness (QED) is 0.606. The van der Waals surface area contributed by atoms with Gasteiger partial charge in [0, 0.05) is 0 Å². The summed E-state index contributed by atoms with van der Waals surface area (Å²) < 4.78 is 29.5. The number of sulfonamides is 1. The molecule has 0 aromatic carbocycles. The number of rotatable bonds is 5. The molecule has 96 valence electrons. The van der Waals surface area contributed by atoms with E-state index in [-0.39, 0.29) is 5.76 Å². The first-order valence-electron chi connectivity index (χ1n) is 5.23. The first-order chi connectivity index (χ1) is 7.68. The van der Waals surface area contributed by atoms with E-state index in [1.807, 2.05) is 4.72 Å². The molecule has 0 aliphatic heterocycles. The molecule has 6 heteroatoms. The number of hydrogen-bond acceptors (Lipinski definition) is 4. The minimum Gasteiger partial charge on any atom is -0.415 e. The third-order valence-electron chi connectivity index (χ3n) is 2.49. The number of amides is 1. The maximum atomic E-state index is 12.0. The Bertz CT molecular complexity index is 460. The topological polar surface area (TPSA) is 72.5 Å². The molecule has 0 spiro atoms. The predicted octanol–water partition coefficient (Wildman–Crippen LogP) is 2.07. The van der Waals surface area contributed by atoms with Crippen LogP contribution in [0.2, 0.25) is 0 Å². The van der Waals surface area contributed by atoms with Crippen LogP contribution in [0.4, 0.5) is 4.79 Å². The largest absolute Gasteiger partial charge is 0.426 e. The summed E-state index contributed by atoms with van der Waals surface area (Å²) in [5.41, 5.74) is 0.779. The number of ether oxygens (including phenoxy) is 1. The van der Waals surface area contributed by atoms with E-state index in [9.17, 15) is 13.2 Å². The molecule has 1 aliphatic rings. The highest BCUT2D eigenvalue weighted by atomic mass is 32.2. The molecule has 0 aromatic heterocycles. The van der Waals surface area contributed by atoms with E-state index in [4.69, 9.17) is 0 Å². The highest BCUT2D eigenvalue weighted by molar-refractivity contribution is 7.91. The van der Waals surface area contributed by atoms with E-state index >= 15 is 0 Å². The van der Waals surface area contributed by atoms with E-state index in [1.54, 1.807) is 6.92 Å². The van der Waals surface area contributed by atoms with Crippen LogP contribution in [0.5, 0.6) is 0 Å². The molecule has 1 aliphatic carbocycles. The van der Waals surface area contributed by atoms with Crippen molar-refractivity contribution in [1.29, 1.82) is 0 Å². The highest BCUT2D eigenvalue weighted by Crippen LogP contribution is 2.47. The Morgan fingerprint density at radius 2 is 1.88 bits per heavy atom. The van der Waals surface area contributed by atoms with Gasteiger partial charge < -0.3 is 4.74 Å². The van der Waals surface area contributed by atoms with E-state index in [1.165, 1.54) is 6.92 Å². The van der Waals surface area contributed by atoms with Gasteiger partial charge in [-0.25, -0.2) is 17.9 Å². The Labute approximate surface area is 102 Å². The first kappa shape index (κ1) is 13.8. The molecule has 1 fully saturated rings. The zero-order chi connectivity index (χ0) is 13.3. The van der Waals surface area contributed by atoms with E-state index < -0.39 is 20.9 Å². The lowest BCUT2D eigenvalue weighted by atomic mass is 10.2. The van der Waals surface area contributed by atoms with Crippen LogP contribution >= 0.6 is 0 Å². The van der Waals surface area contributed by atoms with Gasteiger partial charge in [-0.1, -0.05) is 12.2 Å². The van der Waals surface area contributed by atoms with Gasteiger partial charge in [0.25, 0.3) is 0 Å². The second kappa shape index (κ2) is 4.52. The molecule has 5 nitrogen and oxygen atoms in total. The molecule has 0 radical (unpaired) electrons. The van der Waals surface area contributed by atoms with Crippen LogP contribution < -0.4 is 4.72 Å². The van der Waals surface area contributed by atoms with Gasteiger partial charge in [0.05, 0.1) is 10.5 Å². The van der Waals surface area contributed by atoms with Crippen LogP contribution in [0.1, 0.15) is 33.1 Å². The van der Waals surface area contributed by atoms with Gasteiger partial charge in [-0.3, -0.25) is 0 Å². The van der Waals surface area contributed by atoms with Crippen LogP contribution in [0.3, 0.4) is 0 Å². The summed E-state index contributed by atoms with van der Waals surface area (Å²) in [4.78, 5) is 11.2. The molecule has 1 amide bonds. The average Bonchev–Trinajstić information content (AvgIpc) is 2.80. The molecule has 1 N–H and O–H groups in total. The molecule has 17 heavy (non-hydrogen) atoms. The normalized spacial score (nSPS) is 17.1. The lowest BCUT2D eigenvalue weighted by Gasteiger charge is -2.16. The highest BCUT2D eigenvalue weighted by Gasteiger charge is 2.55. The average molecular weight is 259 g/mol. The fourth-order valence-corrected chi connectivity index (χ4v) is 3.18. The van der Waals surface area contributed by atoms with Gasteiger partial charge in [0.15, 0.2) is 0 Å². The molecule has 1 saturated carbocycles. The van der Waals surface area contributed by atoms with Gasteiger partial charge in [0.1, 0.15) is 0 Å². The molecule has 1 rings (SSSR count). The molecule has 0 atom stereocenters. The molecule has 0 heterocycles. The molecule has 0 saturated heterocycles. The second-order valence-corrected chi connectivity index (χ2v) is 6.59. The van der Waals surface area contributed by atoms with E-state index in [0.717, 1.165) is 5.57 Å². The molecule has 0 aromatic rings. The third kappa shape index (κ3) is 3.33. The van der Waals surface area contributed by atoms with Crippen LogP contribution in [-0.4, -0.2) is 19.3 Å². The fraction of sp³-hybridized carbons (Fsp3) is 0.545. The molecule has 0 bridgehead atoms. The van der Waals surface area contributed by atoms with Crippen LogP contribution in [-0.2, 0) is 14.8 Å². The Morgan fingerprint density at radius 3 is 2.24 bits per heavy atom. The van der Waals surface area contributed by atoms with Crippen molar-refractivity contribution in [2.75, 3.05) is 0 Å². The summed E-state index contributed by atoms with van der Waals surface area (Å²) in [6, 6.07) is 0. The maximum Gasteiger partial charge on any atom is 0.426 e. The minimum atomic E-state index is -3.72. The van der Waals surface area contributed by atoms with Crippen molar-refractivity contribution in [3.8, 4) is 0 Å². The molecular weight excluding hydrogens is 242 g/mol. The van der Waals surface area contributed by atoms with Crippen molar-refractivity contribution in [2.24, 2.45) is 0 Å². The van der Waals surface area contributed by atoms with Crippen molar-refractivity contribution >= 4 is 16.1 Å². The Kier molecular flexibility index (Phi) is 3.66. The Balaban J connectivity index is 2.73. The monoisotopic (exact) mass is 259 g/mol. The lowest BCUT2D eigenvalue weighted by Crippen LogP contribution is -2.40. The lowest BCUT2D eigenvalue weighted by molar-refractivity contribution is 0.183. The summed E-state index contributed by atoms with van der Waals surface area (Å²) in [5, 5.41) is 0. The first-order valence-corrected chi connectivity index (χ1v) is 6.71. The summed E-state index contributed by atoms with van der Waals surface area (Å²) in [6.07, 6.45) is 0.429. The number of allylic oxidation sites excluding steroid dienone is 2. The summed E-state index contributed by atoms with van der Waals surface area (Å²) in [7, 11) is -3.72. The summed E-state index contributed by atoms with van der Waals surface area (Å²) >= 11 is 0. The Morgan fingerprint density at radius 1 is 1.35 bits per heavy atom. The summed E-state index contributed by atoms with van der Waals surface area (Å²) in [5.74, 6) is 0.141. The zero-order valence-corrected chi connectivity index (χ0v) is 10.9. The second-order valence-electron chi connectivity index (χ2n) is 4.51. The minimum absolute atomic E-state index is 0.141. The molecule has 0 unspecified atom stereocenters. The number of carbonyl (C=O) groups is 1. The standard InChI is InChI=1S/C11H17NO4S/c1-8(2)7-11(5-6-11)17(14,15)12-10(13)16-9(3)4/h1,3,5-7H2,2,4H3,(H,12,13). The van der Waals surface area contributed by atoms with Crippen LogP contribution in [0.25, 0.3) is 0 Å². The summed E-state index contributed by atoms with van der Waals surface area (Å²) in [6.45, 7) is 10.3. The predicted molar refractivity (Wildman–Crippen MR) is 64.7 cm³/mol. The maximum absolute atomic E-state index is 12.0. The van der Waals surface area contributed by atoms with Crippen molar-refractivity contribution in [1.82, 2.24) is 4.72 Å².